The van der Waals surface area contributed by atoms with Crippen LogP contribution in [-0.4, -0.2) is 6.54 Å². The smallest absolute Gasteiger partial charge is 0.0387 e. The van der Waals surface area contributed by atoms with Crippen LogP contribution in [-0.2, 0) is 6.54 Å². The monoisotopic (exact) mass is 130 g/mol. The summed E-state index contributed by atoms with van der Waals surface area (Å²) in [4.78, 5) is 0. The second-order valence-corrected chi connectivity index (χ2v) is 2.37. The lowest BCUT2D eigenvalue weighted by atomic mass is 10.0. The molecule has 0 spiro atoms. The van der Waals surface area contributed by atoms with E-state index in [1.807, 2.05) is 12.1 Å². The van der Waals surface area contributed by atoms with Gasteiger partial charge in [-0.25, -0.2) is 5.32 Å². The Morgan fingerprint density at radius 1 is 1.30 bits per heavy atom. The van der Waals surface area contributed by atoms with E-state index in [2.05, 4.69) is 23.9 Å². The Balaban J connectivity index is 2.41. The second-order valence-electron chi connectivity index (χ2n) is 2.37. The summed E-state index contributed by atoms with van der Waals surface area (Å²) >= 11 is 0. The van der Waals surface area contributed by atoms with E-state index in [0.717, 1.165) is 13.1 Å². The summed E-state index contributed by atoms with van der Waals surface area (Å²) in [5.74, 6) is 0. The van der Waals surface area contributed by atoms with E-state index in [0.29, 0.717) is 0 Å². The summed E-state index contributed by atoms with van der Waals surface area (Å²) in [7, 11) is 0. The van der Waals surface area contributed by atoms with Crippen LogP contribution < -0.4 is 5.32 Å². The van der Waals surface area contributed by atoms with Gasteiger partial charge in [0.05, 0.1) is 0 Å². The normalized spacial score (nSPS) is 16.4. The lowest BCUT2D eigenvalue weighted by molar-refractivity contribution is 0.694. The minimum absolute atomic E-state index is 0.761. The first-order chi connectivity index (χ1) is 4.97. The van der Waals surface area contributed by atoms with E-state index in [4.69, 9.17) is 0 Å². The van der Waals surface area contributed by atoms with E-state index in [9.17, 15) is 0 Å². The fraction of sp³-hybridized carbons (Fsp3) is 0.222. The molecule has 1 aliphatic heterocycles. The van der Waals surface area contributed by atoms with E-state index >= 15 is 0 Å². The standard InChI is InChI=1S/C9H8N/c1-2-4-9-7-10-6-5-8(9)3-1/h1-4H,6-7H2. The largest absolute Gasteiger partial charge is 0.236 e. The molecule has 1 nitrogen and oxygen atoms in total. The van der Waals surface area contributed by atoms with Crippen LogP contribution in [0.15, 0.2) is 24.3 Å². The number of hydrogen-bond acceptors (Lipinski definition) is 0. The first kappa shape index (κ1) is 5.93. The van der Waals surface area contributed by atoms with E-state index < -0.39 is 0 Å². The Bertz CT molecular complexity index is 205. The van der Waals surface area contributed by atoms with Crippen LogP contribution in [0.25, 0.3) is 0 Å². The minimum atomic E-state index is 0.761. The maximum Gasteiger partial charge on any atom is 0.0387 e. The predicted octanol–water partition coefficient (Wildman–Crippen LogP) is 1.23. The quantitative estimate of drug-likeness (QED) is 0.501. The fourth-order valence-corrected chi connectivity index (χ4v) is 1.15. The molecule has 3 radical (unpaired) electrons. The van der Waals surface area contributed by atoms with Crippen molar-refractivity contribution >= 4 is 0 Å². The molecular weight excluding hydrogens is 122 g/mol. The Morgan fingerprint density at radius 3 is 3.10 bits per heavy atom. The summed E-state index contributed by atoms with van der Waals surface area (Å²) in [6.07, 6.45) is 3.20. The number of fused-ring (bicyclic) bond motifs is 1. The van der Waals surface area contributed by atoms with Crippen molar-refractivity contribution in [2.45, 2.75) is 6.54 Å². The summed E-state index contributed by atoms with van der Waals surface area (Å²) in [6.45, 7) is 1.63. The van der Waals surface area contributed by atoms with Gasteiger partial charge >= 0.3 is 0 Å². The number of hydrogen-bond donors (Lipinski definition) is 0. The predicted molar refractivity (Wildman–Crippen MR) is 39.5 cm³/mol. The highest BCUT2D eigenvalue weighted by molar-refractivity contribution is 5.34. The summed E-state index contributed by atoms with van der Waals surface area (Å²) in [5.41, 5.74) is 2.53. The van der Waals surface area contributed by atoms with E-state index in [1.165, 1.54) is 11.1 Å². The molecule has 1 aromatic carbocycles. The molecule has 0 aromatic heterocycles. The molecule has 0 saturated carbocycles. The van der Waals surface area contributed by atoms with Gasteiger partial charge in [0.15, 0.2) is 0 Å². The van der Waals surface area contributed by atoms with Crippen molar-refractivity contribution in [1.29, 1.82) is 0 Å². The Hall–Kier alpha value is -0.820. The van der Waals surface area contributed by atoms with Crippen molar-refractivity contribution in [3.05, 3.63) is 41.8 Å². The first-order valence-electron chi connectivity index (χ1n) is 3.42. The fourth-order valence-electron chi connectivity index (χ4n) is 1.15. The van der Waals surface area contributed by atoms with Crippen LogP contribution in [0.2, 0.25) is 0 Å². The average molecular weight is 130 g/mol. The highest BCUT2D eigenvalue weighted by atomic mass is 14.9. The van der Waals surface area contributed by atoms with Gasteiger partial charge < -0.3 is 0 Å². The zero-order valence-electron chi connectivity index (χ0n) is 5.67. The van der Waals surface area contributed by atoms with Crippen LogP contribution >= 0.6 is 0 Å². The molecule has 1 heteroatoms. The molecule has 0 amide bonds. The summed E-state index contributed by atoms with van der Waals surface area (Å²) < 4.78 is 0. The van der Waals surface area contributed by atoms with Gasteiger partial charge in [0, 0.05) is 19.5 Å². The third-order valence-corrected chi connectivity index (χ3v) is 1.68. The van der Waals surface area contributed by atoms with Crippen molar-refractivity contribution in [1.82, 2.24) is 5.32 Å². The Morgan fingerprint density at radius 2 is 2.20 bits per heavy atom. The summed E-state index contributed by atoms with van der Waals surface area (Å²) in [6, 6.07) is 8.27. The van der Waals surface area contributed by atoms with Gasteiger partial charge in [-0.1, -0.05) is 24.3 Å². The molecule has 0 fully saturated rings. The lowest BCUT2D eigenvalue weighted by Crippen LogP contribution is -2.15. The maximum atomic E-state index is 4.21. The molecular formula is C9H8N. The number of nitrogens with zero attached hydrogens (tertiary/aromatic N) is 1. The molecule has 0 unspecified atom stereocenters. The third-order valence-electron chi connectivity index (χ3n) is 1.68. The van der Waals surface area contributed by atoms with Gasteiger partial charge in [-0.15, -0.1) is 0 Å². The number of benzene rings is 1. The zero-order valence-corrected chi connectivity index (χ0v) is 5.67. The molecule has 1 aliphatic rings. The number of rotatable bonds is 0. The average Bonchev–Trinajstić information content (AvgIpc) is 2.05. The van der Waals surface area contributed by atoms with Crippen LogP contribution in [0.5, 0.6) is 0 Å². The minimum Gasteiger partial charge on any atom is -0.236 e. The Labute approximate surface area is 61.1 Å². The first-order valence-corrected chi connectivity index (χ1v) is 3.42. The molecule has 0 N–H and O–H groups in total. The highest BCUT2D eigenvalue weighted by Gasteiger charge is 2.07. The second kappa shape index (κ2) is 2.43. The molecule has 0 bridgehead atoms. The van der Waals surface area contributed by atoms with Crippen LogP contribution in [0.3, 0.4) is 0 Å². The van der Waals surface area contributed by atoms with Crippen molar-refractivity contribution in [3.8, 4) is 0 Å². The topological polar surface area (TPSA) is 14.1 Å². The molecule has 1 aromatic rings. The molecule has 1 heterocycles. The van der Waals surface area contributed by atoms with Crippen molar-refractivity contribution < 1.29 is 0 Å². The van der Waals surface area contributed by atoms with Gasteiger partial charge in [0.1, 0.15) is 0 Å². The molecule has 10 heavy (non-hydrogen) atoms. The van der Waals surface area contributed by atoms with Gasteiger partial charge in [-0.3, -0.25) is 0 Å². The van der Waals surface area contributed by atoms with Crippen molar-refractivity contribution in [2.24, 2.45) is 0 Å². The van der Waals surface area contributed by atoms with Gasteiger partial charge in [0.25, 0.3) is 0 Å². The van der Waals surface area contributed by atoms with Crippen LogP contribution in [0.4, 0.5) is 0 Å². The highest BCUT2D eigenvalue weighted by Crippen LogP contribution is 2.14. The zero-order chi connectivity index (χ0) is 6.81. The third kappa shape index (κ3) is 0.929. The van der Waals surface area contributed by atoms with Gasteiger partial charge in [-0.2, -0.15) is 0 Å². The lowest BCUT2D eigenvalue weighted by Gasteiger charge is -2.13. The van der Waals surface area contributed by atoms with Gasteiger partial charge in [0.2, 0.25) is 0 Å². The van der Waals surface area contributed by atoms with Gasteiger partial charge in [-0.05, 0) is 11.1 Å². The molecule has 0 aliphatic carbocycles. The SMILES string of the molecule is [C]1C[N]Cc2ccccc21. The van der Waals surface area contributed by atoms with Crippen LogP contribution in [0, 0.1) is 6.42 Å². The van der Waals surface area contributed by atoms with Crippen molar-refractivity contribution in [3.63, 3.8) is 0 Å². The maximum absolute atomic E-state index is 4.21. The molecule has 49 valence electrons. The molecule has 0 atom stereocenters. The molecule has 2 rings (SSSR count). The van der Waals surface area contributed by atoms with E-state index in [1.54, 1.807) is 0 Å². The Kier molecular flexibility index (Phi) is 1.44. The van der Waals surface area contributed by atoms with Crippen molar-refractivity contribution in [2.75, 3.05) is 6.54 Å². The van der Waals surface area contributed by atoms with E-state index in [-0.39, 0.29) is 0 Å². The van der Waals surface area contributed by atoms with Crippen LogP contribution in [0.1, 0.15) is 11.1 Å². The molecule has 0 saturated heterocycles. The summed E-state index contributed by atoms with van der Waals surface area (Å²) in [5, 5.41) is 4.21.